The fourth-order valence-corrected chi connectivity index (χ4v) is 4.34. The summed E-state index contributed by atoms with van der Waals surface area (Å²) < 4.78 is 0. The van der Waals surface area contributed by atoms with Crippen molar-refractivity contribution in [1.82, 2.24) is 10.2 Å². The summed E-state index contributed by atoms with van der Waals surface area (Å²) >= 11 is 0. The SMILES string of the molecule is CNC(=O)c1ccc(NC(=O)CN2C(=O)c3ccccc3N3C(=O)c4ccccc4C23)cc1. The van der Waals surface area contributed by atoms with E-state index in [2.05, 4.69) is 10.6 Å². The number of hydrogen-bond donors (Lipinski definition) is 2. The van der Waals surface area contributed by atoms with E-state index in [0.29, 0.717) is 33.6 Å². The molecule has 3 aromatic carbocycles. The van der Waals surface area contributed by atoms with Crippen LogP contribution >= 0.6 is 0 Å². The highest BCUT2D eigenvalue weighted by Gasteiger charge is 2.48. The van der Waals surface area contributed by atoms with E-state index in [1.54, 1.807) is 72.6 Å². The zero-order chi connectivity index (χ0) is 23.1. The van der Waals surface area contributed by atoms with Crippen molar-refractivity contribution in [3.05, 3.63) is 95.1 Å². The summed E-state index contributed by atoms with van der Waals surface area (Å²) in [5.41, 5.74) is 3.08. The monoisotopic (exact) mass is 440 g/mol. The van der Waals surface area contributed by atoms with Crippen LogP contribution in [-0.4, -0.2) is 42.1 Å². The van der Waals surface area contributed by atoms with E-state index in [0.717, 1.165) is 0 Å². The van der Waals surface area contributed by atoms with Gasteiger partial charge in [0.05, 0.1) is 11.3 Å². The smallest absolute Gasteiger partial charge is 0.260 e. The van der Waals surface area contributed by atoms with Crippen LogP contribution in [0.2, 0.25) is 0 Å². The number of nitrogens with one attached hydrogen (secondary N) is 2. The summed E-state index contributed by atoms with van der Waals surface area (Å²) in [5.74, 6) is -1.16. The first-order valence-electron chi connectivity index (χ1n) is 10.4. The van der Waals surface area contributed by atoms with Crippen molar-refractivity contribution >= 4 is 35.0 Å². The third kappa shape index (κ3) is 3.32. The van der Waals surface area contributed by atoms with E-state index in [1.165, 1.54) is 4.90 Å². The summed E-state index contributed by atoms with van der Waals surface area (Å²) in [5, 5.41) is 5.30. The predicted molar refractivity (Wildman–Crippen MR) is 122 cm³/mol. The third-order valence-electron chi connectivity index (χ3n) is 5.85. The maximum absolute atomic E-state index is 13.4. The van der Waals surface area contributed by atoms with Gasteiger partial charge >= 0.3 is 0 Å². The van der Waals surface area contributed by atoms with Crippen molar-refractivity contribution < 1.29 is 19.2 Å². The fourth-order valence-electron chi connectivity index (χ4n) is 4.34. The van der Waals surface area contributed by atoms with E-state index in [-0.39, 0.29) is 24.3 Å². The minimum absolute atomic E-state index is 0.203. The van der Waals surface area contributed by atoms with Gasteiger partial charge in [-0.2, -0.15) is 0 Å². The molecule has 0 aliphatic carbocycles. The van der Waals surface area contributed by atoms with E-state index in [4.69, 9.17) is 0 Å². The molecule has 1 unspecified atom stereocenters. The van der Waals surface area contributed by atoms with Crippen LogP contribution in [0, 0.1) is 0 Å². The van der Waals surface area contributed by atoms with Gasteiger partial charge in [0.2, 0.25) is 5.91 Å². The Morgan fingerprint density at radius 3 is 2.24 bits per heavy atom. The molecule has 0 saturated heterocycles. The van der Waals surface area contributed by atoms with Gasteiger partial charge in [0, 0.05) is 29.4 Å². The number of hydrogen-bond acceptors (Lipinski definition) is 4. The molecule has 8 heteroatoms. The normalized spacial score (nSPS) is 16.1. The number of benzene rings is 3. The summed E-state index contributed by atoms with van der Waals surface area (Å²) in [6, 6.07) is 20.5. The molecule has 0 spiro atoms. The van der Waals surface area contributed by atoms with Crippen LogP contribution in [0.15, 0.2) is 72.8 Å². The molecule has 3 aromatic rings. The zero-order valence-electron chi connectivity index (χ0n) is 17.7. The Bertz CT molecular complexity index is 1300. The van der Waals surface area contributed by atoms with Crippen molar-refractivity contribution in [3.8, 4) is 0 Å². The van der Waals surface area contributed by atoms with E-state index >= 15 is 0 Å². The molecule has 0 bridgehead atoms. The Balaban J connectivity index is 1.45. The van der Waals surface area contributed by atoms with Crippen LogP contribution in [0.4, 0.5) is 11.4 Å². The van der Waals surface area contributed by atoms with Crippen LogP contribution < -0.4 is 15.5 Å². The van der Waals surface area contributed by atoms with E-state index in [1.807, 2.05) is 12.1 Å². The molecule has 33 heavy (non-hydrogen) atoms. The lowest BCUT2D eigenvalue weighted by atomic mass is 10.0. The van der Waals surface area contributed by atoms with Crippen molar-refractivity contribution in [3.63, 3.8) is 0 Å². The number of rotatable bonds is 4. The van der Waals surface area contributed by atoms with Crippen molar-refractivity contribution in [2.75, 3.05) is 23.8 Å². The Kier molecular flexibility index (Phi) is 4.90. The molecule has 2 aliphatic rings. The van der Waals surface area contributed by atoms with Gasteiger partial charge in [0.15, 0.2) is 0 Å². The second-order valence-corrected chi connectivity index (χ2v) is 7.79. The Morgan fingerprint density at radius 2 is 1.52 bits per heavy atom. The lowest BCUT2D eigenvalue weighted by Crippen LogP contribution is -2.50. The summed E-state index contributed by atoms with van der Waals surface area (Å²) in [7, 11) is 1.54. The highest BCUT2D eigenvalue weighted by atomic mass is 16.2. The topological polar surface area (TPSA) is 98.8 Å². The molecular weight excluding hydrogens is 420 g/mol. The molecule has 2 aliphatic heterocycles. The molecule has 8 nitrogen and oxygen atoms in total. The van der Waals surface area contributed by atoms with Gasteiger partial charge in [-0.25, -0.2) is 0 Å². The Hall–Kier alpha value is -4.46. The van der Waals surface area contributed by atoms with Crippen LogP contribution in [0.1, 0.15) is 42.8 Å². The lowest BCUT2D eigenvalue weighted by molar-refractivity contribution is -0.117. The molecule has 5 rings (SSSR count). The van der Waals surface area contributed by atoms with Gasteiger partial charge in [-0.3, -0.25) is 24.1 Å². The summed E-state index contributed by atoms with van der Waals surface area (Å²) in [4.78, 5) is 54.2. The van der Waals surface area contributed by atoms with Gasteiger partial charge in [-0.05, 0) is 42.5 Å². The number of fused-ring (bicyclic) bond motifs is 5. The minimum atomic E-state index is -0.697. The van der Waals surface area contributed by atoms with E-state index in [9.17, 15) is 19.2 Å². The molecule has 4 amide bonds. The molecule has 0 fully saturated rings. The lowest BCUT2D eigenvalue weighted by Gasteiger charge is -2.40. The molecule has 1 atom stereocenters. The van der Waals surface area contributed by atoms with Gasteiger partial charge in [-0.15, -0.1) is 0 Å². The second kappa shape index (κ2) is 7.90. The van der Waals surface area contributed by atoms with Gasteiger partial charge in [0.1, 0.15) is 12.7 Å². The van der Waals surface area contributed by atoms with Gasteiger partial charge in [-0.1, -0.05) is 30.3 Å². The average Bonchev–Trinajstić information content (AvgIpc) is 3.14. The first kappa shape index (κ1) is 20.4. The molecule has 164 valence electrons. The Morgan fingerprint density at radius 1 is 0.848 bits per heavy atom. The number of para-hydroxylation sites is 1. The van der Waals surface area contributed by atoms with Crippen molar-refractivity contribution in [1.29, 1.82) is 0 Å². The number of amides is 4. The van der Waals surface area contributed by atoms with Crippen LogP contribution in [0.25, 0.3) is 0 Å². The number of nitrogens with zero attached hydrogens (tertiary/aromatic N) is 2. The zero-order valence-corrected chi connectivity index (χ0v) is 17.7. The van der Waals surface area contributed by atoms with Gasteiger partial charge in [0.25, 0.3) is 17.7 Å². The van der Waals surface area contributed by atoms with Crippen molar-refractivity contribution in [2.45, 2.75) is 6.17 Å². The number of anilines is 2. The first-order valence-corrected chi connectivity index (χ1v) is 10.4. The summed E-state index contributed by atoms with van der Waals surface area (Å²) in [6.07, 6.45) is -0.697. The van der Waals surface area contributed by atoms with Crippen LogP contribution in [0.3, 0.4) is 0 Å². The second-order valence-electron chi connectivity index (χ2n) is 7.79. The first-order chi connectivity index (χ1) is 16.0. The maximum atomic E-state index is 13.4. The molecule has 0 aromatic heterocycles. The minimum Gasteiger partial charge on any atom is -0.355 e. The predicted octanol–water partition coefficient (Wildman–Crippen LogP) is 2.80. The van der Waals surface area contributed by atoms with Crippen LogP contribution in [-0.2, 0) is 4.79 Å². The number of carbonyl (C=O) groups is 4. The Labute approximate surface area is 189 Å². The molecule has 0 radical (unpaired) electrons. The van der Waals surface area contributed by atoms with Crippen LogP contribution in [0.5, 0.6) is 0 Å². The highest BCUT2D eigenvalue weighted by Crippen LogP contribution is 2.44. The molecular formula is C25H20N4O4. The third-order valence-corrected chi connectivity index (χ3v) is 5.85. The fraction of sp³-hybridized carbons (Fsp3) is 0.120. The van der Waals surface area contributed by atoms with Gasteiger partial charge < -0.3 is 15.5 Å². The maximum Gasteiger partial charge on any atom is 0.260 e. The number of carbonyl (C=O) groups excluding carboxylic acids is 4. The van der Waals surface area contributed by atoms with E-state index < -0.39 is 12.1 Å². The highest BCUT2D eigenvalue weighted by molar-refractivity contribution is 6.17. The molecule has 0 saturated carbocycles. The largest absolute Gasteiger partial charge is 0.355 e. The molecule has 2 heterocycles. The van der Waals surface area contributed by atoms with Crippen molar-refractivity contribution in [2.24, 2.45) is 0 Å². The quantitative estimate of drug-likeness (QED) is 0.652. The molecule has 2 N–H and O–H groups in total. The summed E-state index contributed by atoms with van der Waals surface area (Å²) in [6.45, 7) is -0.243. The average molecular weight is 440 g/mol. The standard InChI is InChI=1S/C25H20N4O4/c1-26-22(31)15-10-12-16(13-11-15)27-21(30)14-28-23-17-6-2-3-7-18(17)25(33)29(23)20-9-5-4-8-19(20)24(28)32/h2-13,23H,14H2,1H3,(H,26,31)(H,27,30).